The van der Waals surface area contributed by atoms with Crippen molar-refractivity contribution in [1.29, 1.82) is 0 Å². The topological polar surface area (TPSA) is 48.0 Å². The van der Waals surface area contributed by atoms with Gasteiger partial charge in [0.2, 0.25) is 0 Å². The molecule has 2 aromatic carbocycles. The Morgan fingerprint density at radius 3 is 2.00 bits per heavy atom. The summed E-state index contributed by atoms with van der Waals surface area (Å²) in [6, 6.07) is 20.2. The zero-order valence-electron chi connectivity index (χ0n) is 14.1. The SMILES string of the molecule is CCCn1c(C)c(C(N)=O)c(-c2ccccc2)c1-c1ccccc1. The number of primary amides is 1. The summed E-state index contributed by atoms with van der Waals surface area (Å²) in [5, 5.41) is 0. The van der Waals surface area contributed by atoms with E-state index >= 15 is 0 Å². The standard InChI is InChI=1S/C21H22N2O/c1-3-14-23-15(2)18(21(22)24)19(16-10-6-4-7-11-16)20(23)17-12-8-5-9-13-17/h4-13H,3,14H2,1-2H3,(H2,22,24). The first kappa shape index (κ1) is 16.1. The highest BCUT2D eigenvalue weighted by atomic mass is 16.1. The minimum atomic E-state index is -0.376. The van der Waals surface area contributed by atoms with Crippen molar-refractivity contribution in [3.63, 3.8) is 0 Å². The van der Waals surface area contributed by atoms with Crippen molar-refractivity contribution in [2.45, 2.75) is 26.8 Å². The van der Waals surface area contributed by atoms with E-state index in [9.17, 15) is 4.79 Å². The van der Waals surface area contributed by atoms with Gasteiger partial charge in [-0.1, -0.05) is 67.6 Å². The smallest absolute Gasteiger partial charge is 0.251 e. The zero-order chi connectivity index (χ0) is 17.1. The van der Waals surface area contributed by atoms with E-state index in [4.69, 9.17) is 5.73 Å². The number of hydrogen-bond donors (Lipinski definition) is 1. The van der Waals surface area contributed by atoms with Crippen LogP contribution in [0.5, 0.6) is 0 Å². The number of hydrogen-bond acceptors (Lipinski definition) is 1. The normalized spacial score (nSPS) is 10.8. The van der Waals surface area contributed by atoms with Crippen LogP contribution >= 0.6 is 0 Å². The van der Waals surface area contributed by atoms with Crippen LogP contribution < -0.4 is 5.73 Å². The maximum absolute atomic E-state index is 12.2. The Hall–Kier alpha value is -2.81. The van der Waals surface area contributed by atoms with E-state index in [1.807, 2.05) is 55.5 Å². The molecule has 3 heteroatoms. The Kier molecular flexibility index (Phi) is 4.52. The van der Waals surface area contributed by atoms with Gasteiger partial charge < -0.3 is 10.3 Å². The quantitative estimate of drug-likeness (QED) is 0.732. The molecule has 24 heavy (non-hydrogen) atoms. The predicted molar refractivity (Wildman–Crippen MR) is 98.8 cm³/mol. The summed E-state index contributed by atoms with van der Waals surface area (Å²) in [5.74, 6) is -0.376. The highest BCUT2D eigenvalue weighted by Gasteiger charge is 2.25. The molecule has 0 aliphatic carbocycles. The van der Waals surface area contributed by atoms with E-state index in [-0.39, 0.29) is 5.91 Å². The molecule has 0 saturated carbocycles. The first-order valence-corrected chi connectivity index (χ1v) is 8.28. The highest BCUT2D eigenvalue weighted by Crippen LogP contribution is 2.39. The van der Waals surface area contributed by atoms with Gasteiger partial charge in [-0.05, 0) is 24.5 Å². The Morgan fingerprint density at radius 2 is 1.50 bits per heavy atom. The highest BCUT2D eigenvalue weighted by molar-refractivity contribution is 6.05. The van der Waals surface area contributed by atoms with Crippen LogP contribution in [-0.4, -0.2) is 10.5 Å². The van der Waals surface area contributed by atoms with Crippen LogP contribution in [0.4, 0.5) is 0 Å². The molecule has 3 aromatic rings. The number of carbonyl (C=O) groups is 1. The van der Waals surface area contributed by atoms with E-state index in [0.717, 1.165) is 41.0 Å². The van der Waals surface area contributed by atoms with Gasteiger partial charge in [-0.15, -0.1) is 0 Å². The Labute approximate surface area is 142 Å². The summed E-state index contributed by atoms with van der Waals surface area (Å²) in [7, 11) is 0. The molecule has 122 valence electrons. The van der Waals surface area contributed by atoms with Crippen LogP contribution in [0.1, 0.15) is 29.4 Å². The monoisotopic (exact) mass is 318 g/mol. The van der Waals surface area contributed by atoms with Gasteiger partial charge in [-0.2, -0.15) is 0 Å². The zero-order valence-corrected chi connectivity index (χ0v) is 14.1. The Balaban J connectivity index is 2.40. The lowest BCUT2D eigenvalue weighted by Gasteiger charge is -2.12. The Morgan fingerprint density at radius 1 is 0.958 bits per heavy atom. The van der Waals surface area contributed by atoms with E-state index in [1.165, 1.54) is 0 Å². The second-order valence-corrected chi connectivity index (χ2v) is 5.93. The molecule has 0 aliphatic heterocycles. The van der Waals surface area contributed by atoms with Crippen molar-refractivity contribution < 1.29 is 4.79 Å². The van der Waals surface area contributed by atoms with Crippen molar-refractivity contribution in [2.24, 2.45) is 5.73 Å². The Bertz CT molecular complexity index is 849. The minimum Gasteiger partial charge on any atom is -0.366 e. The third kappa shape index (κ3) is 2.73. The summed E-state index contributed by atoms with van der Waals surface area (Å²) in [4.78, 5) is 12.2. The first-order valence-electron chi connectivity index (χ1n) is 8.28. The van der Waals surface area contributed by atoms with Gasteiger partial charge in [-0.25, -0.2) is 0 Å². The van der Waals surface area contributed by atoms with Crippen molar-refractivity contribution in [3.05, 3.63) is 71.9 Å². The molecule has 0 spiro atoms. The molecule has 1 amide bonds. The molecule has 1 heterocycles. The number of benzene rings is 2. The van der Waals surface area contributed by atoms with Crippen LogP contribution in [-0.2, 0) is 6.54 Å². The van der Waals surface area contributed by atoms with Gasteiger partial charge in [0.15, 0.2) is 0 Å². The lowest BCUT2D eigenvalue weighted by molar-refractivity contribution is 0.1000. The summed E-state index contributed by atoms with van der Waals surface area (Å²) >= 11 is 0. The van der Waals surface area contributed by atoms with Gasteiger partial charge in [0.25, 0.3) is 5.91 Å². The van der Waals surface area contributed by atoms with Gasteiger partial charge in [0.1, 0.15) is 0 Å². The van der Waals surface area contributed by atoms with Gasteiger partial charge in [-0.3, -0.25) is 4.79 Å². The predicted octanol–water partition coefficient (Wildman–Crippen LogP) is 4.64. The maximum Gasteiger partial charge on any atom is 0.251 e. The first-order chi connectivity index (χ1) is 11.6. The fraction of sp³-hybridized carbons (Fsp3) is 0.190. The lowest BCUT2D eigenvalue weighted by atomic mass is 9.96. The number of nitrogens with two attached hydrogens (primary N) is 1. The minimum absolute atomic E-state index is 0.376. The molecule has 0 bridgehead atoms. The lowest BCUT2D eigenvalue weighted by Crippen LogP contribution is -2.13. The van der Waals surface area contributed by atoms with Gasteiger partial charge in [0, 0.05) is 17.8 Å². The number of aromatic nitrogens is 1. The van der Waals surface area contributed by atoms with E-state index in [2.05, 4.69) is 23.6 Å². The summed E-state index contributed by atoms with van der Waals surface area (Å²) in [5.41, 5.74) is 11.4. The molecular formula is C21H22N2O. The molecule has 0 saturated heterocycles. The van der Waals surface area contributed by atoms with Crippen LogP contribution in [0.15, 0.2) is 60.7 Å². The van der Waals surface area contributed by atoms with Crippen LogP contribution in [0.2, 0.25) is 0 Å². The number of amides is 1. The number of rotatable bonds is 5. The largest absolute Gasteiger partial charge is 0.366 e. The van der Waals surface area contributed by atoms with Crippen molar-refractivity contribution >= 4 is 5.91 Å². The van der Waals surface area contributed by atoms with Crippen molar-refractivity contribution in [3.8, 4) is 22.4 Å². The maximum atomic E-state index is 12.2. The molecule has 2 N–H and O–H groups in total. The van der Waals surface area contributed by atoms with E-state index in [1.54, 1.807) is 0 Å². The van der Waals surface area contributed by atoms with E-state index in [0.29, 0.717) is 5.56 Å². The summed E-state index contributed by atoms with van der Waals surface area (Å²) < 4.78 is 2.22. The average molecular weight is 318 g/mol. The average Bonchev–Trinajstić information content (AvgIpc) is 2.90. The fourth-order valence-corrected chi connectivity index (χ4v) is 3.32. The molecule has 0 unspecified atom stereocenters. The molecule has 0 radical (unpaired) electrons. The second kappa shape index (κ2) is 6.75. The number of carbonyl (C=O) groups excluding carboxylic acids is 1. The summed E-state index contributed by atoms with van der Waals surface area (Å²) in [6.07, 6.45) is 0.988. The van der Waals surface area contributed by atoms with Gasteiger partial charge >= 0.3 is 0 Å². The molecule has 1 aromatic heterocycles. The molecule has 0 atom stereocenters. The van der Waals surface area contributed by atoms with Crippen molar-refractivity contribution in [2.75, 3.05) is 0 Å². The molecule has 0 aliphatic rings. The van der Waals surface area contributed by atoms with Crippen LogP contribution in [0, 0.1) is 6.92 Å². The summed E-state index contributed by atoms with van der Waals surface area (Å²) in [6.45, 7) is 4.97. The molecular weight excluding hydrogens is 296 g/mol. The second-order valence-electron chi connectivity index (χ2n) is 5.93. The van der Waals surface area contributed by atoms with Crippen LogP contribution in [0.25, 0.3) is 22.4 Å². The number of nitrogens with zero attached hydrogens (tertiary/aromatic N) is 1. The molecule has 3 nitrogen and oxygen atoms in total. The third-order valence-corrected chi connectivity index (χ3v) is 4.33. The third-order valence-electron chi connectivity index (χ3n) is 4.33. The fourth-order valence-electron chi connectivity index (χ4n) is 3.32. The van der Waals surface area contributed by atoms with Crippen molar-refractivity contribution in [1.82, 2.24) is 4.57 Å². The molecule has 0 fully saturated rings. The molecule has 3 rings (SSSR count). The van der Waals surface area contributed by atoms with E-state index < -0.39 is 0 Å². The van der Waals surface area contributed by atoms with Crippen LogP contribution in [0.3, 0.4) is 0 Å². The van der Waals surface area contributed by atoms with Gasteiger partial charge in [0.05, 0.1) is 11.3 Å².